The van der Waals surface area contributed by atoms with Crippen LogP contribution in [0.3, 0.4) is 0 Å². The maximum Gasteiger partial charge on any atom is 0.393 e. The Morgan fingerprint density at radius 1 is 1.20 bits per heavy atom. The molecule has 3 heterocycles. The van der Waals surface area contributed by atoms with E-state index in [2.05, 4.69) is 16.0 Å². The van der Waals surface area contributed by atoms with E-state index in [-0.39, 0.29) is 37.2 Å². The molecule has 3 aliphatic heterocycles. The van der Waals surface area contributed by atoms with Crippen LogP contribution in [0.2, 0.25) is 0 Å². The number of imide groups is 1. The number of rotatable bonds is 5. The molecule has 1 aromatic rings. The monoisotopic (exact) mass is 424 g/mol. The summed E-state index contributed by atoms with van der Waals surface area (Å²) in [6, 6.07) is 4.51. The second-order valence-corrected chi connectivity index (χ2v) is 8.06. The second kappa shape index (κ2) is 7.99. The Morgan fingerprint density at radius 3 is 2.70 bits per heavy atom. The van der Waals surface area contributed by atoms with E-state index in [0.717, 1.165) is 11.1 Å². The lowest BCUT2D eigenvalue weighted by Crippen LogP contribution is -2.52. The number of benzene rings is 1. The Morgan fingerprint density at radius 2 is 2.00 bits per heavy atom. The molecule has 4 rings (SSSR count). The van der Waals surface area contributed by atoms with E-state index >= 15 is 0 Å². The third-order valence-corrected chi connectivity index (χ3v) is 6.03. The largest absolute Gasteiger partial charge is 0.393 e. The highest BCUT2D eigenvalue weighted by molar-refractivity contribution is 6.05. The smallest absolute Gasteiger partial charge is 0.322 e. The van der Waals surface area contributed by atoms with E-state index in [0.29, 0.717) is 31.6 Å². The van der Waals surface area contributed by atoms with Gasteiger partial charge in [-0.1, -0.05) is 18.2 Å². The number of piperidine rings is 1. The zero-order chi connectivity index (χ0) is 21.5. The van der Waals surface area contributed by atoms with Crippen LogP contribution in [-0.2, 0) is 22.7 Å². The number of carbonyl (C=O) groups is 3. The minimum atomic E-state index is -4.19. The quantitative estimate of drug-likeness (QED) is 0.616. The fourth-order valence-electron chi connectivity index (χ4n) is 4.44. The van der Waals surface area contributed by atoms with Crippen molar-refractivity contribution in [3.8, 4) is 0 Å². The SMILES string of the molecule is O=C1CCC(N2Cc3cccc(CNC[C@@H]4C[C@H](C(F)(F)F)CN4)c3C2=O)C(=O)N1. The molecule has 1 aromatic carbocycles. The molecule has 3 atom stereocenters. The Bertz CT molecular complexity index is 873. The third kappa shape index (κ3) is 4.06. The first-order chi connectivity index (χ1) is 14.2. The summed E-state index contributed by atoms with van der Waals surface area (Å²) in [6.45, 7) is 0.927. The fraction of sp³-hybridized carbons (Fsp3) is 0.550. The number of hydrogen-bond acceptors (Lipinski definition) is 5. The summed E-state index contributed by atoms with van der Waals surface area (Å²) in [7, 11) is 0. The minimum Gasteiger partial charge on any atom is -0.322 e. The zero-order valence-electron chi connectivity index (χ0n) is 16.2. The molecule has 0 bridgehead atoms. The number of nitrogens with zero attached hydrogens (tertiary/aromatic N) is 1. The molecular formula is C20H23F3N4O3. The summed E-state index contributed by atoms with van der Waals surface area (Å²) >= 11 is 0. The maximum atomic E-state index is 13.0. The maximum absolute atomic E-state index is 13.0. The predicted octanol–water partition coefficient (Wildman–Crippen LogP) is 1.08. The zero-order valence-corrected chi connectivity index (χ0v) is 16.2. The van der Waals surface area contributed by atoms with Gasteiger partial charge in [0.15, 0.2) is 0 Å². The van der Waals surface area contributed by atoms with Gasteiger partial charge >= 0.3 is 6.18 Å². The molecule has 0 radical (unpaired) electrons. The van der Waals surface area contributed by atoms with Crippen molar-refractivity contribution >= 4 is 17.7 Å². The highest BCUT2D eigenvalue weighted by atomic mass is 19.4. The van der Waals surface area contributed by atoms with Gasteiger partial charge in [-0.15, -0.1) is 0 Å². The summed E-state index contributed by atoms with van der Waals surface area (Å²) in [4.78, 5) is 38.0. The normalized spacial score (nSPS) is 26.8. The molecule has 3 aliphatic rings. The van der Waals surface area contributed by atoms with Crippen LogP contribution in [0.5, 0.6) is 0 Å². The van der Waals surface area contributed by atoms with Gasteiger partial charge in [0.2, 0.25) is 11.8 Å². The van der Waals surface area contributed by atoms with Crippen LogP contribution < -0.4 is 16.0 Å². The van der Waals surface area contributed by atoms with Crippen LogP contribution in [0.15, 0.2) is 18.2 Å². The van der Waals surface area contributed by atoms with Gasteiger partial charge in [-0.2, -0.15) is 13.2 Å². The first-order valence-electron chi connectivity index (χ1n) is 10.00. The lowest BCUT2D eigenvalue weighted by Gasteiger charge is -2.29. The Labute approximate surface area is 171 Å². The molecular weight excluding hydrogens is 401 g/mol. The Balaban J connectivity index is 1.38. The van der Waals surface area contributed by atoms with E-state index in [1.165, 1.54) is 4.90 Å². The molecule has 162 valence electrons. The van der Waals surface area contributed by atoms with Crippen molar-refractivity contribution in [1.29, 1.82) is 0 Å². The number of hydrogen-bond donors (Lipinski definition) is 3. The molecule has 1 unspecified atom stereocenters. The van der Waals surface area contributed by atoms with Crippen molar-refractivity contribution in [1.82, 2.24) is 20.9 Å². The number of halogens is 3. The Kier molecular flexibility index (Phi) is 5.54. The molecule has 2 saturated heterocycles. The molecule has 0 spiro atoms. The number of fused-ring (bicyclic) bond motifs is 1. The van der Waals surface area contributed by atoms with Crippen molar-refractivity contribution in [2.45, 2.75) is 50.6 Å². The van der Waals surface area contributed by atoms with Crippen LogP contribution in [0.1, 0.15) is 40.7 Å². The summed E-state index contributed by atoms with van der Waals surface area (Å²) in [5, 5.41) is 8.32. The lowest BCUT2D eigenvalue weighted by molar-refractivity contribution is -0.169. The van der Waals surface area contributed by atoms with E-state index < -0.39 is 24.0 Å². The minimum absolute atomic E-state index is 0.0334. The van der Waals surface area contributed by atoms with E-state index in [9.17, 15) is 27.6 Å². The van der Waals surface area contributed by atoms with Crippen molar-refractivity contribution in [3.05, 3.63) is 34.9 Å². The third-order valence-electron chi connectivity index (χ3n) is 6.03. The molecule has 10 heteroatoms. The van der Waals surface area contributed by atoms with E-state index in [4.69, 9.17) is 0 Å². The number of amides is 3. The van der Waals surface area contributed by atoms with E-state index in [1.807, 2.05) is 12.1 Å². The summed E-state index contributed by atoms with van der Waals surface area (Å²) in [5.74, 6) is -2.38. The number of alkyl halides is 3. The van der Waals surface area contributed by atoms with E-state index in [1.54, 1.807) is 6.07 Å². The summed E-state index contributed by atoms with van der Waals surface area (Å²) < 4.78 is 38.4. The van der Waals surface area contributed by atoms with Crippen LogP contribution in [-0.4, -0.2) is 54.0 Å². The summed E-state index contributed by atoms with van der Waals surface area (Å²) in [5.41, 5.74) is 2.08. The second-order valence-electron chi connectivity index (χ2n) is 8.06. The molecule has 7 nitrogen and oxygen atoms in total. The fourth-order valence-corrected chi connectivity index (χ4v) is 4.44. The average Bonchev–Trinajstić information content (AvgIpc) is 3.27. The van der Waals surface area contributed by atoms with Gasteiger partial charge in [0.05, 0.1) is 5.92 Å². The predicted molar refractivity (Wildman–Crippen MR) is 100 cm³/mol. The van der Waals surface area contributed by atoms with Crippen molar-refractivity contribution < 1.29 is 27.6 Å². The van der Waals surface area contributed by atoms with Gasteiger partial charge in [0.1, 0.15) is 6.04 Å². The van der Waals surface area contributed by atoms with Crippen molar-refractivity contribution in [3.63, 3.8) is 0 Å². The molecule has 0 saturated carbocycles. The van der Waals surface area contributed by atoms with Gasteiger partial charge in [-0.05, 0) is 24.0 Å². The van der Waals surface area contributed by atoms with Crippen LogP contribution in [0.4, 0.5) is 13.2 Å². The van der Waals surface area contributed by atoms with Crippen LogP contribution in [0, 0.1) is 5.92 Å². The van der Waals surface area contributed by atoms with Gasteiger partial charge in [-0.3, -0.25) is 19.7 Å². The highest BCUT2D eigenvalue weighted by Crippen LogP contribution is 2.32. The molecule has 3 N–H and O–H groups in total. The number of carbonyl (C=O) groups excluding carboxylic acids is 3. The van der Waals surface area contributed by atoms with Gasteiger partial charge in [0, 0.05) is 44.2 Å². The van der Waals surface area contributed by atoms with Gasteiger partial charge in [0.25, 0.3) is 5.91 Å². The van der Waals surface area contributed by atoms with Crippen LogP contribution in [0.25, 0.3) is 0 Å². The average molecular weight is 424 g/mol. The first-order valence-corrected chi connectivity index (χ1v) is 10.00. The molecule has 0 aromatic heterocycles. The van der Waals surface area contributed by atoms with Crippen molar-refractivity contribution in [2.75, 3.05) is 13.1 Å². The molecule has 0 aliphatic carbocycles. The topological polar surface area (TPSA) is 90.5 Å². The first kappa shape index (κ1) is 20.8. The van der Waals surface area contributed by atoms with Gasteiger partial charge < -0.3 is 15.5 Å². The molecule has 3 amide bonds. The van der Waals surface area contributed by atoms with Crippen LogP contribution >= 0.6 is 0 Å². The number of nitrogens with one attached hydrogen (secondary N) is 3. The van der Waals surface area contributed by atoms with Gasteiger partial charge in [-0.25, -0.2) is 0 Å². The Hall–Kier alpha value is -2.46. The summed E-state index contributed by atoms with van der Waals surface area (Å²) in [6.07, 6.45) is -3.66. The molecule has 2 fully saturated rings. The standard InChI is InChI=1S/C20H23F3N4O3/c21-20(22,23)13-6-14(25-8-13)9-24-7-11-2-1-3-12-10-27(19(30)17(11)12)15-4-5-16(28)26-18(15)29/h1-3,13-15,24-25H,4-10H2,(H,26,28,29)/t13-,14-,15?/m0/s1. The molecule has 30 heavy (non-hydrogen) atoms. The lowest BCUT2D eigenvalue weighted by atomic mass is 10.0. The highest BCUT2D eigenvalue weighted by Gasteiger charge is 2.44. The van der Waals surface area contributed by atoms with Crippen molar-refractivity contribution in [2.24, 2.45) is 5.92 Å².